The highest BCUT2D eigenvalue weighted by Crippen LogP contribution is 2.30. The molecule has 1 aliphatic heterocycles. The summed E-state index contributed by atoms with van der Waals surface area (Å²) in [7, 11) is 0. The summed E-state index contributed by atoms with van der Waals surface area (Å²) in [5, 5.41) is 2.85. The van der Waals surface area contributed by atoms with Crippen LogP contribution in [0.25, 0.3) is 0 Å². The third-order valence-electron chi connectivity index (χ3n) is 3.81. The van der Waals surface area contributed by atoms with Gasteiger partial charge in [0.1, 0.15) is 19.0 Å². The molecule has 24 heavy (non-hydrogen) atoms. The van der Waals surface area contributed by atoms with Crippen molar-refractivity contribution >= 4 is 5.91 Å². The van der Waals surface area contributed by atoms with Crippen molar-refractivity contribution < 1.29 is 19.0 Å². The molecule has 0 aliphatic carbocycles. The van der Waals surface area contributed by atoms with Crippen molar-refractivity contribution in [3.63, 3.8) is 0 Å². The Morgan fingerprint density at radius 3 is 2.75 bits per heavy atom. The van der Waals surface area contributed by atoms with Crippen molar-refractivity contribution in [2.75, 3.05) is 19.8 Å². The Kier molecular flexibility index (Phi) is 5.21. The first-order chi connectivity index (χ1) is 11.8. The Bertz CT molecular complexity index is 714. The highest BCUT2D eigenvalue weighted by atomic mass is 16.6. The molecule has 1 amide bonds. The molecule has 0 radical (unpaired) electrons. The van der Waals surface area contributed by atoms with Gasteiger partial charge in [0.05, 0.1) is 0 Å². The number of nitrogens with one attached hydrogen (secondary N) is 1. The van der Waals surface area contributed by atoms with Crippen molar-refractivity contribution in [2.45, 2.75) is 19.9 Å². The lowest BCUT2D eigenvalue weighted by Gasteiger charge is -2.19. The Labute approximate surface area is 141 Å². The summed E-state index contributed by atoms with van der Waals surface area (Å²) in [6, 6.07) is 13.4. The van der Waals surface area contributed by atoms with E-state index in [1.807, 2.05) is 42.5 Å². The number of carbonyl (C=O) groups excluding carboxylic acids is 1. The molecule has 0 atom stereocenters. The van der Waals surface area contributed by atoms with Gasteiger partial charge < -0.3 is 19.5 Å². The van der Waals surface area contributed by atoms with Gasteiger partial charge in [0.2, 0.25) is 0 Å². The fourth-order valence-corrected chi connectivity index (χ4v) is 2.53. The van der Waals surface area contributed by atoms with Gasteiger partial charge in [0.25, 0.3) is 5.91 Å². The van der Waals surface area contributed by atoms with Crippen LogP contribution in [0.1, 0.15) is 18.1 Å². The molecule has 0 saturated heterocycles. The first kappa shape index (κ1) is 16.2. The van der Waals surface area contributed by atoms with Gasteiger partial charge in [-0.1, -0.05) is 31.2 Å². The third-order valence-corrected chi connectivity index (χ3v) is 3.81. The largest absolute Gasteiger partial charge is 0.486 e. The number of hydrogen-bond acceptors (Lipinski definition) is 4. The number of benzene rings is 2. The van der Waals surface area contributed by atoms with Gasteiger partial charge in [-0.2, -0.15) is 0 Å². The number of carbonyl (C=O) groups is 1. The summed E-state index contributed by atoms with van der Waals surface area (Å²) in [4.78, 5) is 12.0. The van der Waals surface area contributed by atoms with Crippen LogP contribution in [0, 0.1) is 0 Å². The van der Waals surface area contributed by atoms with Crippen LogP contribution in [-0.2, 0) is 17.8 Å². The minimum atomic E-state index is -0.157. The van der Waals surface area contributed by atoms with Crippen LogP contribution >= 0.6 is 0 Å². The second kappa shape index (κ2) is 7.73. The van der Waals surface area contributed by atoms with E-state index >= 15 is 0 Å². The summed E-state index contributed by atoms with van der Waals surface area (Å²) in [6.07, 6.45) is 0.870. The SMILES string of the molecule is CCc1ccccc1OCC(=O)NCc1ccc2c(c1)OCCO2. The zero-order valence-corrected chi connectivity index (χ0v) is 13.7. The van der Waals surface area contributed by atoms with Crippen LogP contribution in [0.2, 0.25) is 0 Å². The topological polar surface area (TPSA) is 56.8 Å². The van der Waals surface area contributed by atoms with Crippen LogP contribution in [-0.4, -0.2) is 25.7 Å². The van der Waals surface area contributed by atoms with Crippen molar-refractivity contribution in [1.82, 2.24) is 5.32 Å². The van der Waals surface area contributed by atoms with E-state index in [2.05, 4.69) is 12.2 Å². The number of amides is 1. The predicted molar refractivity (Wildman–Crippen MR) is 90.6 cm³/mol. The van der Waals surface area contributed by atoms with Crippen molar-refractivity contribution in [3.8, 4) is 17.2 Å². The summed E-state index contributed by atoms with van der Waals surface area (Å²) in [5.74, 6) is 2.07. The molecule has 2 aromatic rings. The van der Waals surface area contributed by atoms with Crippen molar-refractivity contribution in [2.24, 2.45) is 0 Å². The quantitative estimate of drug-likeness (QED) is 0.886. The summed E-state index contributed by atoms with van der Waals surface area (Å²) < 4.78 is 16.6. The summed E-state index contributed by atoms with van der Waals surface area (Å²) >= 11 is 0. The Morgan fingerprint density at radius 1 is 1.12 bits per heavy atom. The molecule has 5 heteroatoms. The number of hydrogen-bond donors (Lipinski definition) is 1. The van der Waals surface area contributed by atoms with Crippen LogP contribution < -0.4 is 19.5 Å². The number of para-hydroxylation sites is 1. The van der Waals surface area contributed by atoms with Crippen molar-refractivity contribution in [1.29, 1.82) is 0 Å². The molecule has 0 unspecified atom stereocenters. The van der Waals surface area contributed by atoms with E-state index in [1.54, 1.807) is 0 Å². The predicted octanol–water partition coefficient (Wildman–Crippen LogP) is 2.72. The molecular formula is C19H21NO4. The maximum absolute atomic E-state index is 12.0. The molecule has 2 aromatic carbocycles. The van der Waals surface area contributed by atoms with E-state index < -0.39 is 0 Å². The van der Waals surface area contributed by atoms with Gasteiger partial charge in [-0.15, -0.1) is 0 Å². The van der Waals surface area contributed by atoms with E-state index in [1.165, 1.54) is 0 Å². The minimum absolute atomic E-state index is 0.00155. The number of ether oxygens (including phenoxy) is 3. The van der Waals surface area contributed by atoms with Crippen LogP contribution in [0.15, 0.2) is 42.5 Å². The zero-order valence-electron chi connectivity index (χ0n) is 13.7. The van der Waals surface area contributed by atoms with E-state index in [0.717, 1.165) is 34.8 Å². The maximum Gasteiger partial charge on any atom is 0.258 e. The van der Waals surface area contributed by atoms with Gasteiger partial charge in [0, 0.05) is 6.54 Å². The summed E-state index contributed by atoms with van der Waals surface area (Å²) in [5.41, 5.74) is 2.05. The normalized spacial score (nSPS) is 12.5. The lowest BCUT2D eigenvalue weighted by Crippen LogP contribution is -2.28. The molecule has 126 valence electrons. The zero-order chi connectivity index (χ0) is 16.8. The van der Waals surface area contributed by atoms with Crippen LogP contribution in [0.4, 0.5) is 0 Å². The fraction of sp³-hybridized carbons (Fsp3) is 0.316. The highest BCUT2D eigenvalue weighted by Gasteiger charge is 2.12. The molecule has 1 aliphatic rings. The average Bonchev–Trinajstić information content (AvgIpc) is 2.64. The van der Waals surface area contributed by atoms with Crippen molar-refractivity contribution in [3.05, 3.63) is 53.6 Å². The number of fused-ring (bicyclic) bond motifs is 1. The van der Waals surface area contributed by atoms with E-state index in [0.29, 0.717) is 19.8 Å². The molecule has 5 nitrogen and oxygen atoms in total. The third kappa shape index (κ3) is 3.98. The molecule has 0 aromatic heterocycles. The van der Waals surface area contributed by atoms with Gasteiger partial charge in [-0.05, 0) is 35.7 Å². The first-order valence-corrected chi connectivity index (χ1v) is 8.12. The van der Waals surface area contributed by atoms with Gasteiger partial charge in [-0.3, -0.25) is 4.79 Å². The van der Waals surface area contributed by atoms with Crippen LogP contribution in [0.3, 0.4) is 0 Å². The smallest absolute Gasteiger partial charge is 0.258 e. The second-order valence-electron chi connectivity index (χ2n) is 5.50. The molecule has 0 saturated carbocycles. The monoisotopic (exact) mass is 327 g/mol. The Morgan fingerprint density at radius 2 is 1.92 bits per heavy atom. The van der Waals surface area contributed by atoms with E-state index in [-0.39, 0.29) is 12.5 Å². The maximum atomic E-state index is 12.0. The Hall–Kier alpha value is -2.69. The van der Waals surface area contributed by atoms with Gasteiger partial charge in [0.15, 0.2) is 18.1 Å². The minimum Gasteiger partial charge on any atom is -0.486 e. The number of aryl methyl sites for hydroxylation is 1. The molecule has 0 spiro atoms. The fourth-order valence-electron chi connectivity index (χ4n) is 2.53. The highest BCUT2D eigenvalue weighted by molar-refractivity contribution is 5.77. The van der Waals surface area contributed by atoms with Crippen LogP contribution in [0.5, 0.6) is 17.2 Å². The molecule has 0 bridgehead atoms. The van der Waals surface area contributed by atoms with Gasteiger partial charge >= 0.3 is 0 Å². The lowest BCUT2D eigenvalue weighted by atomic mass is 10.1. The Balaban J connectivity index is 1.50. The molecule has 0 fully saturated rings. The van der Waals surface area contributed by atoms with E-state index in [4.69, 9.17) is 14.2 Å². The van der Waals surface area contributed by atoms with E-state index in [9.17, 15) is 4.79 Å². The van der Waals surface area contributed by atoms with Gasteiger partial charge in [-0.25, -0.2) is 0 Å². The lowest BCUT2D eigenvalue weighted by molar-refractivity contribution is -0.123. The average molecular weight is 327 g/mol. The molecule has 3 rings (SSSR count). The second-order valence-corrected chi connectivity index (χ2v) is 5.50. The number of rotatable bonds is 6. The molecule has 1 heterocycles. The molecular weight excluding hydrogens is 306 g/mol. The molecule has 1 N–H and O–H groups in total. The standard InChI is InChI=1S/C19H21NO4/c1-2-15-5-3-4-6-16(15)24-13-19(21)20-12-14-7-8-17-18(11-14)23-10-9-22-17/h3-8,11H,2,9-10,12-13H2,1H3,(H,20,21). The summed E-state index contributed by atoms with van der Waals surface area (Å²) in [6.45, 7) is 3.60. The first-order valence-electron chi connectivity index (χ1n) is 8.12.